The van der Waals surface area contributed by atoms with Crippen LogP contribution in [0.5, 0.6) is 11.5 Å². The minimum absolute atomic E-state index is 0.164. The lowest BCUT2D eigenvalue weighted by atomic mass is 10.0. The van der Waals surface area contributed by atoms with Crippen molar-refractivity contribution in [3.8, 4) is 11.5 Å². The van der Waals surface area contributed by atoms with Crippen molar-refractivity contribution in [3.05, 3.63) is 52.5 Å². The van der Waals surface area contributed by atoms with Crippen molar-refractivity contribution in [1.29, 1.82) is 0 Å². The average molecular weight is 420 g/mol. The topological polar surface area (TPSA) is 73.9 Å². The first-order chi connectivity index (χ1) is 13.8. The molecule has 1 amide bonds. The van der Waals surface area contributed by atoms with Gasteiger partial charge in [0.15, 0.2) is 17.6 Å². The number of rotatable bonds is 8. The second-order valence-corrected chi connectivity index (χ2v) is 7.11. The van der Waals surface area contributed by atoms with Crippen LogP contribution in [0.4, 0.5) is 5.69 Å². The van der Waals surface area contributed by atoms with E-state index in [9.17, 15) is 9.59 Å². The van der Waals surface area contributed by atoms with E-state index in [2.05, 4.69) is 5.32 Å². The van der Waals surface area contributed by atoms with E-state index in [4.69, 9.17) is 25.8 Å². The Bertz CT molecular complexity index is 882. The molecule has 0 aliphatic carbocycles. The lowest BCUT2D eigenvalue weighted by Crippen LogP contribution is -2.30. The van der Waals surface area contributed by atoms with Gasteiger partial charge < -0.3 is 19.5 Å². The third kappa shape index (κ3) is 5.64. The van der Waals surface area contributed by atoms with Crippen molar-refractivity contribution in [1.82, 2.24) is 0 Å². The molecular formula is C22H26ClNO5. The van der Waals surface area contributed by atoms with Crippen molar-refractivity contribution in [2.45, 2.75) is 39.7 Å². The molecule has 0 unspecified atom stereocenters. The SMILES string of the molecule is CCOc1c(Cl)cc(C(=O)O[C@H](C)C(=O)Nc2ccccc2C(C)C)cc1OC. The highest BCUT2D eigenvalue weighted by molar-refractivity contribution is 6.32. The number of amides is 1. The molecule has 0 saturated carbocycles. The number of anilines is 1. The van der Waals surface area contributed by atoms with Crippen molar-refractivity contribution in [2.75, 3.05) is 19.0 Å². The van der Waals surface area contributed by atoms with Gasteiger partial charge in [0, 0.05) is 5.69 Å². The number of para-hydroxylation sites is 1. The Hall–Kier alpha value is -2.73. The van der Waals surface area contributed by atoms with Crippen molar-refractivity contribution in [3.63, 3.8) is 0 Å². The largest absolute Gasteiger partial charge is 0.493 e. The average Bonchev–Trinajstić information content (AvgIpc) is 2.69. The molecule has 0 heterocycles. The molecule has 0 bridgehead atoms. The molecule has 0 radical (unpaired) electrons. The van der Waals surface area contributed by atoms with Gasteiger partial charge in [0.25, 0.3) is 5.91 Å². The Morgan fingerprint density at radius 2 is 1.83 bits per heavy atom. The van der Waals surface area contributed by atoms with Crippen molar-refractivity contribution in [2.24, 2.45) is 0 Å². The van der Waals surface area contributed by atoms with Gasteiger partial charge in [-0.1, -0.05) is 43.6 Å². The number of methoxy groups -OCH3 is 1. The van der Waals surface area contributed by atoms with Crippen LogP contribution in [0.15, 0.2) is 36.4 Å². The Kier molecular flexibility index (Phi) is 7.91. The van der Waals surface area contributed by atoms with E-state index in [1.807, 2.05) is 45.0 Å². The molecule has 29 heavy (non-hydrogen) atoms. The molecular weight excluding hydrogens is 394 g/mol. The van der Waals surface area contributed by atoms with Gasteiger partial charge >= 0.3 is 5.97 Å². The molecule has 0 aromatic heterocycles. The van der Waals surface area contributed by atoms with Crippen LogP contribution in [-0.4, -0.2) is 31.7 Å². The van der Waals surface area contributed by atoms with Gasteiger partial charge in [0.05, 0.1) is 24.3 Å². The van der Waals surface area contributed by atoms with Gasteiger partial charge in [-0.25, -0.2) is 4.79 Å². The summed E-state index contributed by atoms with van der Waals surface area (Å²) in [5.74, 6) is -0.204. The van der Waals surface area contributed by atoms with E-state index in [0.29, 0.717) is 23.8 Å². The zero-order valence-corrected chi connectivity index (χ0v) is 18.0. The molecule has 2 aromatic carbocycles. The summed E-state index contributed by atoms with van der Waals surface area (Å²) in [7, 11) is 1.45. The van der Waals surface area contributed by atoms with Crippen molar-refractivity contribution < 1.29 is 23.8 Å². The van der Waals surface area contributed by atoms with E-state index in [1.54, 1.807) is 0 Å². The zero-order valence-electron chi connectivity index (χ0n) is 17.2. The standard InChI is InChI=1S/C22H26ClNO5/c1-6-28-20-17(23)11-15(12-19(20)27-5)22(26)29-14(4)21(25)24-18-10-8-7-9-16(18)13(2)3/h7-14H,6H2,1-5H3,(H,24,25)/t14-/m1/s1. The van der Waals surface area contributed by atoms with E-state index >= 15 is 0 Å². The maximum atomic E-state index is 12.5. The summed E-state index contributed by atoms with van der Waals surface area (Å²) >= 11 is 6.20. The van der Waals surface area contributed by atoms with Gasteiger partial charge in [0.1, 0.15) is 0 Å². The second-order valence-electron chi connectivity index (χ2n) is 6.70. The number of ether oxygens (including phenoxy) is 3. The summed E-state index contributed by atoms with van der Waals surface area (Å²) in [5.41, 5.74) is 1.86. The number of halogens is 1. The minimum atomic E-state index is -1.00. The summed E-state index contributed by atoms with van der Waals surface area (Å²) in [6.07, 6.45) is -1.00. The Morgan fingerprint density at radius 3 is 2.45 bits per heavy atom. The lowest BCUT2D eigenvalue weighted by molar-refractivity contribution is -0.123. The fourth-order valence-corrected chi connectivity index (χ4v) is 3.02. The highest BCUT2D eigenvalue weighted by Crippen LogP contribution is 2.36. The lowest BCUT2D eigenvalue weighted by Gasteiger charge is -2.17. The number of carbonyl (C=O) groups excluding carboxylic acids is 2. The third-order valence-electron chi connectivity index (χ3n) is 4.25. The molecule has 1 atom stereocenters. The van der Waals surface area contributed by atoms with Gasteiger partial charge in [-0.05, 0) is 43.5 Å². The molecule has 0 aliphatic heterocycles. The number of carbonyl (C=O) groups is 2. The monoisotopic (exact) mass is 419 g/mol. The van der Waals surface area contributed by atoms with Crippen molar-refractivity contribution >= 4 is 29.2 Å². The van der Waals surface area contributed by atoms with E-state index < -0.39 is 18.0 Å². The second kappa shape index (κ2) is 10.2. The molecule has 6 nitrogen and oxygen atoms in total. The number of esters is 1. The number of benzene rings is 2. The summed E-state index contributed by atoms with van der Waals surface area (Å²) in [6, 6.07) is 10.4. The third-order valence-corrected chi connectivity index (χ3v) is 4.53. The molecule has 1 N–H and O–H groups in total. The van der Waals surface area contributed by atoms with E-state index in [1.165, 1.54) is 26.2 Å². The predicted molar refractivity (Wildman–Crippen MR) is 113 cm³/mol. The minimum Gasteiger partial charge on any atom is -0.493 e. The molecule has 0 aliphatic rings. The molecule has 7 heteroatoms. The van der Waals surface area contributed by atoms with E-state index in [0.717, 1.165) is 5.56 Å². The molecule has 2 aromatic rings. The molecule has 0 saturated heterocycles. The quantitative estimate of drug-likeness (QED) is 0.605. The van der Waals surface area contributed by atoms with Gasteiger partial charge in [-0.2, -0.15) is 0 Å². The van der Waals surface area contributed by atoms with Crippen LogP contribution in [0.1, 0.15) is 49.5 Å². The maximum absolute atomic E-state index is 12.5. The normalized spacial score (nSPS) is 11.7. The van der Waals surface area contributed by atoms with Crippen LogP contribution in [0.2, 0.25) is 5.02 Å². The zero-order chi connectivity index (χ0) is 21.6. The first-order valence-corrected chi connectivity index (χ1v) is 9.77. The molecule has 0 spiro atoms. The Labute approximate surface area is 176 Å². The summed E-state index contributed by atoms with van der Waals surface area (Å²) in [6.45, 7) is 7.80. The summed E-state index contributed by atoms with van der Waals surface area (Å²) in [4.78, 5) is 25.0. The van der Waals surface area contributed by atoms with Crippen LogP contribution in [0.3, 0.4) is 0 Å². The Balaban J connectivity index is 2.12. The van der Waals surface area contributed by atoms with Gasteiger partial charge in [-0.15, -0.1) is 0 Å². The first kappa shape index (κ1) is 22.6. The smallest absolute Gasteiger partial charge is 0.339 e. The number of hydrogen-bond acceptors (Lipinski definition) is 5. The Morgan fingerprint density at radius 1 is 1.14 bits per heavy atom. The van der Waals surface area contributed by atoms with E-state index in [-0.39, 0.29) is 16.5 Å². The van der Waals surface area contributed by atoms with Crippen LogP contribution in [0, 0.1) is 0 Å². The fraction of sp³-hybridized carbons (Fsp3) is 0.364. The first-order valence-electron chi connectivity index (χ1n) is 9.39. The fourth-order valence-electron chi connectivity index (χ4n) is 2.75. The van der Waals surface area contributed by atoms with Crippen LogP contribution in [0.25, 0.3) is 0 Å². The van der Waals surface area contributed by atoms with Crippen LogP contribution in [-0.2, 0) is 9.53 Å². The van der Waals surface area contributed by atoms with Crippen LogP contribution < -0.4 is 14.8 Å². The molecule has 2 rings (SSSR count). The van der Waals surface area contributed by atoms with Crippen LogP contribution >= 0.6 is 11.6 Å². The molecule has 156 valence electrons. The maximum Gasteiger partial charge on any atom is 0.339 e. The highest BCUT2D eigenvalue weighted by Gasteiger charge is 2.22. The van der Waals surface area contributed by atoms with Gasteiger partial charge in [-0.3, -0.25) is 4.79 Å². The number of nitrogens with one attached hydrogen (secondary N) is 1. The number of hydrogen-bond donors (Lipinski definition) is 1. The van der Waals surface area contributed by atoms with Gasteiger partial charge in [0.2, 0.25) is 0 Å². The molecule has 0 fully saturated rings. The highest BCUT2D eigenvalue weighted by atomic mass is 35.5. The summed E-state index contributed by atoms with van der Waals surface area (Å²) < 4.78 is 16.0. The predicted octanol–water partition coefficient (Wildman–Crippen LogP) is 5.05. The summed E-state index contributed by atoms with van der Waals surface area (Å²) in [5, 5.41) is 3.04.